The number of hydrogen-bond donors (Lipinski definition) is 4. The average Bonchev–Trinajstić information content (AvgIpc) is 2.36. The van der Waals surface area contributed by atoms with Crippen LogP contribution in [0.2, 0.25) is 0 Å². The van der Waals surface area contributed by atoms with Gasteiger partial charge in [0.25, 0.3) is 0 Å². The van der Waals surface area contributed by atoms with Crippen LogP contribution in [0.5, 0.6) is 0 Å². The first-order valence-corrected chi connectivity index (χ1v) is 4.81. The lowest BCUT2D eigenvalue weighted by atomic mass is 10.0. The highest BCUT2D eigenvalue weighted by Crippen LogP contribution is 2.20. The molecule has 98 valence electrons. The van der Waals surface area contributed by atoms with Gasteiger partial charge in [0.2, 0.25) is 0 Å². The highest BCUT2D eigenvalue weighted by Gasteiger charge is 2.27. The van der Waals surface area contributed by atoms with Gasteiger partial charge in [-0.15, -0.1) is 0 Å². The van der Waals surface area contributed by atoms with Crippen LogP contribution in [0, 0.1) is 0 Å². The molecule has 0 aliphatic carbocycles. The summed E-state index contributed by atoms with van der Waals surface area (Å²) < 4.78 is 4.25. The third-order valence-corrected chi connectivity index (χ3v) is 2.25. The number of carboxylic acids is 1. The molecule has 0 radical (unpaired) electrons. The molecular weight excluding hydrogens is 244 g/mol. The second kappa shape index (κ2) is 5.43. The molecule has 0 fully saturated rings. The average molecular weight is 256 g/mol. The van der Waals surface area contributed by atoms with E-state index in [0.29, 0.717) is 0 Å². The van der Waals surface area contributed by atoms with Crippen LogP contribution in [-0.2, 0) is 9.53 Å². The molecule has 0 aliphatic rings. The second-order valence-electron chi connectivity index (χ2n) is 3.42. The summed E-state index contributed by atoms with van der Waals surface area (Å²) in [4.78, 5) is 25.4. The van der Waals surface area contributed by atoms with Crippen LogP contribution in [0.1, 0.15) is 22.0 Å². The van der Waals surface area contributed by atoms with Gasteiger partial charge in [-0.3, -0.25) is 0 Å². The van der Waals surface area contributed by atoms with Crippen LogP contribution in [0.25, 0.3) is 0 Å². The zero-order valence-corrected chi connectivity index (χ0v) is 9.40. The van der Waals surface area contributed by atoms with Crippen LogP contribution in [0.3, 0.4) is 0 Å². The molecule has 0 saturated carbocycles. The van der Waals surface area contributed by atoms with Crippen molar-refractivity contribution < 1.29 is 29.6 Å². The predicted octanol–water partition coefficient (Wildman–Crippen LogP) is -1.07. The first kappa shape index (κ1) is 13.9. The SMILES string of the molecule is COC(=O)C(O)C(O)c1cnc(N)c(C(=O)O)c1. The fourth-order valence-electron chi connectivity index (χ4n) is 1.26. The standard InChI is InChI=1S/C10H12N2O6/c1-18-10(17)7(14)6(13)4-2-5(9(15)16)8(11)12-3-4/h2-3,6-7,13-14H,1H3,(H2,11,12)(H,15,16). The smallest absolute Gasteiger partial charge is 0.339 e. The van der Waals surface area contributed by atoms with E-state index in [1.807, 2.05) is 0 Å². The summed E-state index contributed by atoms with van der Waals surface area (Å²) in [6.07, 6.45) is -2.41. The third kappa shape index (κ3) is 2.73. The normalized spacial score (nSPS) is 13.7. The van der Waals surface area contributed by atoms with E-state index in [1.54, 1.807) is 0 Å². The van der Waals surface area contributed by atoms with Gasteiger partial charge < -0.3 is 25.8 Å². The number of nitrogen functional groups attached to an aromatic ring is 1. The van der Waals surface area contributed by atoms with Gasteiger partial charge in [-0.05, 0) is 6.07 Å². The fourth-order valence-corrected chi connectivity index (χ4v) is 1.26. The Morgan fingerprint density at radius 2 is 2.06 bits per heavy atom. The topological polar surface area (TPSA) is 143 Å². The lowest BCUT2D eigenvalue weighted by Gasteiger charge is -2.16. The van der Waals surface area contributed by atoms with Crippen LogP contribution in [0.4, 0.5) is 5.82 Å². The van der Waals surface area contributed by atoms with Gasteiger partial charge in [-0.2, -0.15) is 0 Å². The minimum Gasteiger partial charge on any atom is -0.478 e. The molecule has 0 amide bonds. The van der Waals surface area contributed by atoms with Crippen molar-refractivity contribution in [3.63, 3.8) is 0 Å². The molecule has 2 atom stereocenters. The summed E-state index contributed by atoms with van der Waals surface area (Å²) in [5.41, 5.74) is 4.94. The number of rotatable bonds is 4. The Morgan fingerprint density at radius 1 is 1.44 bits per heavy atom. The Kier molecular flexibility index (Phi) is 4.18. The maximum absolute atomic E-state index is 11.0. The largest absolute Gasteiger partial charge is 0.478 e. The van der Waals surface area contributed by atoms with Gasteiger partial charge in [-0.1, -0.05) is 0 Å². The molecule has 5 N–H and O–H groups in total. The monoisotopic (exact) mass is 256 g/mol. The van der Waals surface area contributed by atoms with E-state index in [9.17, 15) is 19.8 Å². The van der Waals surface area contributed by atoms with Crippen LogP contribution < -0.4 is 5.73 Å². The van der Waals surface area contributed by atoms with Crippen molar-refractivity contribution in [2.24, 2.45) is 0 Å². The molecule has 1 aromatic rings. The Bertz CT molecular complexity index is 475. The van der Waals surface area contributed by atoms with Crippen molar-refractivity contribution in [2.45, 2.75) is 12.2 Å². The molecule has 18 heavy (non-hydrogen) atoms. The lowest BCUT2D eigenvalue weighted by Crippen LogP contribution is -2.29. The quantitative estimate of drug-likeness (QED) is 0.498. The first-order chi connectivity index (χ1) is 8.38. The molecule has 0 saturated heterocycles. The van der Waals surface area contributed by atoms with E-state index in [1.165, 1.54) is 0 Å². The maximum Gasteiger partial charge on any atom is 0.339 e. The van der Waals surface area contributed by atoms with Crippen molar-refractivity contribution in [3.8, 4) is 0 Å². The van der Waals surface area contributed by atoms with Gasteiger partial charge in [-0.25, -0.2) is 14.6 Å². The predicted molar refractivity (Wildman–Crippen MR) is 58.6 cm³/mol. The van der Waals surface area contributed by atoms with Gasteiger partial charge in [0.1, 0.15) is 17.5 Å². The number of nitrogens with two attached hydrogens (primary N) is 1. The van der Waals surface area contributed by atoms with Gasteiger partial charge in [0.15, 0.2) is 6.10 Å². The Morgan fingerprint density at radius 3 is 2.56 bits per heavy atom. The highest BCUT2D eigenvalue weighted by molar-refractivity contribution is 5.92. The van der Waals surface area contributed by atoms with Crippen LogP contribution in [0.15, 0.2) is 12.3 Å². The van der Waals surface area contributed by atoms with E-state index in [0.717, 1.165) is 19.4 Å². The van der Waals surface area contributed by atoms with Gasteiger partial charge in [0, 0.05) is 11.8 Å². The number of aromatic nitrogens is 1. The highest BCUT2D eigenvalue weighted by atomic mass is 16.5. The van der Waals surface area contributed by atoms with Crippen molar-refractivity contribution in [1.82, 2.24) is 4.98 Å². The summed E-state index contributed by atoms with van der Waals surface area (Å²) in [5.74, 6) is -2.61. The number of pyridine rings is 1. The van der Waals surface area contributed by atoms with Gasteiger partial charge >= 0.3 is 11.9 Å². The molecule has 0 bridgehead atoms. The number of hydrogen-bond acceptors (Lipinski definition) is 7. The number of nitrogens with zero attached hydrogens (tertiary/aromatic N) is 1. The number of ether oxygens (including phenoxy) is 1. The van der Waals surface area contributed by atoms with E-state index >= 15 is 0 Å². The number of aromatic carboxylic acids is 1. The van der Waals surface area contributed by atoms with Gasteiger partial charge in [0.05, 0.1) is 7.11 Å². The van der Waals surface area contributed by atoms with Crippen LogP contribution >= 0.6 is 0 Å². The lowest BCUT2D eigenvalue weighted by molar-refractivity contribution is -0.156. The molecule has 8 heteroatoms. The van der Waals surface area contributed by atoms with E-state index < -0.39 is 24.1 Å². The number of aliphatic hydroxyl groups excluding tert-OH is 2. The van der Waals surface area contributed by atoms with E-state index in [-0.39, 0.29) is 16.9 Å². The number of methoxy groups -OCH3 is 1. The van der Waals surface area contributed by atoms with Crippen molar-refractivity contribution in [2.75, 3.05) is 12.8 Å². The number of esters is 1. The Hall–Kier alpha value is -2.19. The maximum atomic E-state index is 11.0. The number of aliphatic hydroxyl groups is 2. The molecule has 2 unspecified atom stereocenters. The molecular formula is C10H12N2O6. The first-order valence-electron chi connectivity index (χ1n) is 4.81. The summed E-state index contributed by atoms with van der Waals surface area (Å²) in [5, 5.41) is 27.9. The van der Waals surface area contributed by atoms with Crippen molar-refractivity contribution >= 4 is 17.8 Å². The molecule has 0 aromatic carbocycles. The number of carboxylic acid groups (broad SMARTS) is 1. The summed E-state index contributed by atoms with van der Waals surface area (Å²) >= 11 is 0. The molecule has 1 rings (SSSR count). The third-order valence-electron chi connectivity index (χ3n) is 2.25. The number of carbonyl (C=O) groups is 2. The second-order valence-corrected chi connectivity index (χ2v) is 3.42. The molecule has 0 aliphatic heterocycles. The Balaban J connectivity index is 3.07. The zero-order chi connectivity index (χ0) is 13.9. The minimum absolute atomic E-state index is 0.0560. The molecule has 1 aromatic heterocycles. The minimum atomic E-state index is -1.83. The summed E-state index contributed by atoms with van der Waals surface area (Å²) in [6.45, 7) is 0. The Labute approximate surface area is 102 Å². The zero-order valence-electron chi connectivity index (χ0n) is 9.40. The molecule has 0 spiro atoms. The van der Waals surface area contributed by atoms with E-state index in [2.05, 4.69) is 9.72 Å². The van der Waals surface area contributed by atoms with Crippen molar-refractivity contribution in [3.05, 3.63) is 23.4 Å². The number of carbonyl (C=O) groups excluding carboxylic acids is 1. The molecule has 1 heterocycles. The van der Waals surface area contributed by atoms with E-state index in [4.69, 9.17) is 10.8 Å². The van der Waals surface area contributed by atoms with Crippen molar-refractivity contribution in [1.29, 1.82) is 0 Å². The summed E-state index contributed by atoms with van der Waals surface area (Å²) in [7, 11) is 1.04. The number of anilines is 1. The summed E-state index contributed by atoms with van der Waals surface area (Å²) in [6, 6.07) is 1.03. The fraction of sp³-hybridized carbons (Fsp3) is 0.300. The molecule has 8 nitrogen and oxygen atoms in total. The van der Waals surface area contributed by atoms with Crippen LogP contribution in [-0.4, -0.2) is 45.5 Å².